The summed E-state index contributed by atoms with van der Waals surface area (Å²) in [7, 11) is -1.44. The number of hydrogen-bond acceptors (Lipinski definition) is 3. The van der Waals surface area contributed by atoms with Gasteiger partial charge < -0.3 is 13.3 Å². The fourth-order valence-electron chi connectivity index (χ4n) is 0.483. The molecule has 11 heavy (non-hydrogen) atoms. The van der Waals surface area contributed by atoms with Gasteiger partial charge >= 0.3 is 9.53 Å². The van der Waals surface area contributed by atoms with Crippen LogP contribution in [0.2, 0.25) is 0 Å². The molecule has 0 fully saturated rings. The van der Waals surface area contributed by atoms with Crippen molar-refractivity contribution in [3.8, 4) is 0 Å². The highest BCUT2D eigenvalue weighted by Crippen LogP contribution is 1.93. The van der Waals surface area contributed by atoms with Crippen molar-refractivity contribution >= 4 is 25.5 Å². The number of hydrogen-bond donors (Lipinski definition) is 0. The number of alkyl halides is 1. The predicted molar refractivity (Wildman–Crippen MR) is 48.8 cm³/mol. The highest BCUT2D eigenvalue weighted by molar-refractivity contribution is 9.09. The second-order valence-corrected chi connectivity index (χ2v) is 3.81. The van der Waals surface area contributed by atoms with Gasteiger partial charge in [0, 0.05) is 25.2 Å². The van der Waals surface area contributed by atoms with Crippen molar-refractivity contribution in [2.75, 3.05) is 25.2 Å². The summed E-state index contributed by atoms with van der Waals surface area (Å²) < 4.78 is 15.7. The summed E-state index contributed by atoms with van der Waals surface area (Å²) in [6.45, 7) is 5.81. The van der Waals surface area contributed by atoms with Crippen LogP contribution < -0.4 is 0 Å². The molecule has 67 valence electrons. The van der Waals surface area contributed by atoms with Crippen molar-refractivity contribution in [3.05, 3.63) is 0 Å². The Bertz CT molecular complexity index is 78.2. The van der Waals surface area contributed by atoms with Gasteiger partial charge in [0.2, 0.25) is 0 Å². The van der Waals surface area contributed by atoms with Gasteiger partial charge in [-0.2, -0.15) is 0 Å². The Kier molecular flexibility index (Phi) is 9.13. The van der Waals surface area contributed by atoms with Crippen molar-refractivity contribution in [3.63, 3.8) is 0 Å². The van der Waals surface area contributed by atoms with Crippen molar-refractivity contribution in [2.45, 2.75) is 13.8 Å². The van der Waals surface area contributed by atoms with Crippen LogP contribution in [-0.2, 0) is 13.3 Å². The zero-order chi connectivity index (χ0) is 8.53. The molecular weight excluding hydrogens is 228 g/mol. The monoisotopic (exact) mass is 241 g/mol. The van der Waals surface area contributed by atoms with Crippen molar-refractivity contribution < 1.29 is 13.3 Å². The minimum absolute atomic E-state index is 0.647. The van der Waals surface area contributed by atoms with Gasteiger partial charge in [0.15, 0.2) is 0 Å². The van der Waals surface area contributed by atoms with Gasteiger partial charge in [0.05, 0.1) is 0 Å². The zero-order valence-electron chi connectivity index (χ0n) is 6.93. The molecule has 0 saturated heterocycles. The molecule has 0 heterocycles. The van der Waals surface area contributed by atoms with Gasteiger partial charge in [-0.1, -0.05) is 15.9 Å². The number of halogens is 1. The first-order valence-corrected chi connectivity index (χ1v) is 6.01. The summed E-state index contributed by atoms with van der Waals surface area (Å²) in [6.07, 6.45) is 0. The quantitative estimate of drug-likeness (QED) is 0.499. The summed E-state index contributed by atoms with van der Waals surface area (Å²) in [6, 6.07) is 0. The molecule has 0 bridgehead atoms. The Hall–Kier alpha value is 0.577. The summed E-state index contributed by atoms with van der Waals surface area (Å²) in [5.41, 5.74) is 0. The summed E-state index contributed by atoms with van der Waals surface area (Å²) in [5, 5.41) is 0.821. The normalized spacial score (nSPS) is 10.9. The molecule has 0 aromatic carbocycles. The fraction of sp³-hybridized carbons (Fsp3) is 1.00. The molecular formula is C6H14BrO3Si. The van der Waals surface area contributed by atoms with E-state index in [1.165, 1.54) is 0 Å². The molecule has 0 spiro atoms. The summed E-state index contributed by atoms with van der Waals surface area (Å²) >= 11 is 3.26. The second-order valence-electron chi connectivity index (χ2n) is 1.65. The average molecular weight is 242 g/mol. The zero-order valence-corrected chi connectivity index (χ0v) is 9.52. The SMILES string of the molecule is CCO[Si](OCC)OCCBr. The van der Waals surface area contributed by atoms with E-state index in [0.29, 0.717) is 19.8 Å². The first-order chi connectivity index (χ1) is 5.35. The Labute approximate surface area is 78.1 Å². The van der Waals surface area contributed by atoms with E-state index in [1.807, 2.05) is 13.8 Å². The highest BCUT2D eigenvalue weighted by Gasteiger charge is 2.16. The molecule has 0 rings (SSSR count). The molecule has 0 aliphatic heterocycles. The van der Waals surface area contributed by atoms with Crippen LogP contribution in [0, 0.1) is 0 Å². The maximum absolute atomic E-state index is 5.28. The predicted octanol–water partition coefficient (Wildman–Crippen LogP) is 1.46. The van der Waals surface area contributed by atoms with E-state index in [2.05, 4.69) is 15.9 Å². The molecule has 0 unspecified atom stereocenters. The Balaban J connectivity index is 3.34. The van der Waals surface area contributed by atoms with E-state index >= 15 is 0 Å². The topological polar surface area (TPSA) is 27.7 Å². The van der Waals surface area contributed by atoms with Crippen LogP contribution >= 0.6 is 15.9 Å². The first kappa shape index (κ1) is 11.6. The lowest BCUT2D eigenvalue weighted by Gasteiger charge is -2.11. The molecule has 0 aromatic heterocycles. The van der Waals surface area contributed by atoms with Crippen molar-refractivity contribution in [1.82, 2.24) is 0 Å². The van der Waals surface area contributed by atoms with Gasteiger partial charge in [-0.15, -0.1) is 0 Å². The molecule has 0 atom stereocenters. The van der Waals surface area contributed by atoms with Crippen molar-refractivity contribution in [1.29, 1.82) is 0 Å². The lowest BCUT2D eigenvalue weighted by Crippen LogP contribution is -2.27. The van der Waals surface area contributed by atoms with Gasteiger partial charge in [-0.05, 0) is 13.8 Å². The van der Waals surface area contributed by atoms with E-state index in [1.54, 1.807) is 0 Å². The molecule has 0 aliphatic rings. The molecule has 5 heteroatoms. The highest BCUT2D eigenvalue weighted by atomic mass is 79.9. The maximum Gasteiger partial charge on any atom is 0.577 e. The Morgan fingerprint density at radius 3 is 2.00 bits per heavy atom. The van der Waals surface area contributed by atoms with Crippen LogP contribution in [0.5, 0.6) is 0 Å². The second kappa shape index (κ2) is 8.67. The third kappa shape index (κ3) is 6.96. The first-order valence-electron chi connectivity index (χ1n) is 3.66. The van der Waals surface area contributed by atoms with Crippen LogP contribution in [0.1, 0.15) is 13.8 Å². The Morgan fingerprint density at radius 1 is 1.09 bits per heavy atom. The molecule has 3 nitrogen and oxygen atoms in total. The van der Waals surface area contributed by atoms with E-state index in [-0.39, 0.29) is 0 Å². The van der Waals surface area contributed by atoms with Gasteiger partial charge in [-0.25, -0.2) is 0 Å². The van der Waals surface area contributed by atoms with Crippen LogP contribution in [0.25, 0.3) is 0 Å². The Morgan fingerprint density at radius 2 is 1.64 bits per heavy atom. The largest absolute Gasteiger partial charge is 0.577 e. The minimum atomic E-state index is -1.44. The lowest BCUT2D eigenvalue weighted by atomic mass is 10.9. The number of rotatable bonds is 7. The molecule has 0 saturated carbocycles. The molecule has 0 amide bonds. The summed E-state index contributed by atoms with van der Waals surface area (Å²) in [4.78, 5) is 0. The smallest absolute Gasteiger partial charge is 0.371 e. The third-order valence-corrected chi connectivity index (χ3v) is 2.63. The van der Waals surface area contributed by atoms with E-state index in [9.17, 15) is 0 Å². The molecule has 0 aliphatic carbocycles. The van der Waals surface area contributed by atoms with Gasteiger partial charge in [0.25, 0.3) is 0 Å². The maximum atomic E-state index is 5.28. The third-order valence-electron chi connectivity index (χ3n) is 0.821. The lowest BCUT2D eigenvalue weighted by molar-refractivity contribution is 0.108. The average Bonchev–Trinajstić information content (AvgIpc) is 2.01. The van der Waals surface area contributed by atoms with Crippen LogP contribution in [0.3, 0.4) is 0 Å². The van der Waals surface area contributed by atoms with Crippen LogP contribution in [-0.4, -0.2) is 34.7 Å². The van der Waals surface area contributed by atoms with E-state index in [4.69, 9.17) is 13.3 Å². The van der Waals surface area contributed by atoms with Crippen LogP contribution in [0.15, 0.2) is 0 Å². The molecule has 1 radical (unpaired) electrons. The van der Waals surface area contributed by atoms with Gasteiger partial charge in [0.1, 0.15) is 0 Å². The van der Waals surface area contributed by atoms with Gasteiger partial charge in [-0.3, -0.25) is 0 Å². The molecule has 0 N–H and O–H groups in total. The minimum Gasteiger partial charge on any atom is -0.371 e. The standard InChI is InChI=1S/C6H14BrO3Si/c1-3-8-11(9-4-2)10-6-5-7/h3-6H2,1-2H3. The van der Waals surface area contributed by atoms with Crippen LogP contribution in [0.4, 0.5) is 0 Å². The molecule has 0 aromatic rings. The van der Waals surface area contributed by atoms with E-state index < -0.39 is 9.53 Å². The summed E-state index contributed by atoms with van der Waals surface area (Å²) in [5.74, 6) is 0. The van der Waals surface area contributed by atoms with E-state index in [0.717, 1.165) is 5.33 Å². The fourth-order valence-corrected chi connectivity index (χ4v) is 1.93. The van der Waals surface area contributed by atoms with Crippen molar-refractivity contribution in [2.24, 2.45) is 0 Å².